The molecule has 146 valence electrons. The van der Waals surface area contributed by atoms with Crippen LogP contribution in [0.5, 0.6) is 5.75 Å². The second-order valence-corrected chi connectivity index (χ2v) is 10.2. The molecule has 0 spiro atoms. The number of methoxy groups -OCH3 is 1. The molecule has 0 bridgehead atoms. The van der Waals surface area contributed by atoms with Gasteiger partial charge in [0.25, 0.3) is 0 Å². The Morgan fingerprint density at radius 1 is 1.35 bits per heavy atom. The number of nitrogens with one attached hydrogen (secondary N) is 1. The van der Waals surface area contributed by atoms with Gasteiger partial charge in [-0.05, 0) is 43.9 Å². The Morgan fingerprint density at radius 3 is 2.54 bits per heavy atom. The van der Waals surface area contributed by atoms with E-state index in [1.807, 2.05) is 17.0 Å². The van der Waals surface area contributed by atoms with Crippen LogP contribution >= 0.6 is 0 Å². The van der Waals surface area contributed by atoms with Crippen LogP contribution in [0.4, 0.5) is 0 Å². The standard InChI is InChI=1S/C19H31N3O3S/c1-15(16-6-8-17(25-5)9-7-16)10-11-21-18(20-4)22-12-13-26(23,24)19(2,3)14-22/h6-9,15H,10-14H2,1-5H3,(H,20,21). The highest BCUT2D eigenvalue weighted by atomic mass is 32.2. The zero-order valence-electron chi connectivity index (χ0n) is 16.4. The van der Waals surface area contributed by atoms with Gasteiger partial charge in [0.1, 0.15) is 5.75 Å². The smallest absolute Gasteiger partial charge is 0.193 e. The summed E-state index contributed by atoms with van der Waals surface area (Å²) in [7, 11) is 0.363. The molecule has 0 saturated carbocycles. The highest BCUT2D eigenvalue weighted by Gasteiger charge is 2.40. The largest absolute Gasteiger partial charge is 0.497 e. The Bertz CT molecular complexity index is 727. The molecule has 1 aromatic rings. The van der Waals surface area contributed by atoms with Gasteiger partial charge in [0.15, 0.2) is 15.8 Å². The zero-order valence-corrected chi connectivity index (χ0v) is 17.3. The van der Waals surface area contributed by atoms with Crippen molar-refractivity contribution in [2.45, 2.75) is 37.9 Å². The summed E-state index contributed by atoms with van der Waals surface area (Å²) in [4.78, 5) is 6.38. The van der Waals surface area contributed by atoms with E-state index in [2.05, 4.69) is 29.4 Å². The van der Waals surface area contributed by atoms with Gasteiger partial charge in [-0.1, -0.05) is 19.1 Å². The number of nitrogens with zero attached hydrogens (tertiary/aromatic N) is 2. The fourth-order valence-electron chi connectivity index (χ4n) is 3.16. The summed E-state index contributed by atoms with van der Waals surface area (Å²) in [5.41, 5.74) is 1.27. The molecule has 1 aromatic carbocycles. The molecule has 1 atom stereocenters. The lowest BCUT2D eigenvalue weighted by atomic mass is 9.98. The SMILES string of the molecule is CN=C(NCCC(C)c1ccc(OC)cc1)N1CCS(=O)(=O)C(C)(C)C1. The summed E-state index contributed by atoms with van der Waals surface area (Å²) in [6, 6.07) is 8.15. The third kappa shape index (κ3) is 4.69. The first-order valence-electron chi connectivity index (χ1n) is 9.02. The third-order valence-corrected chi connectivity index (χ3v) is 7.63. The molecule has 0 aliphatic carbocycles. The van der Waals surface area contributed by atoms with Crippen molar-refractivity contribution in [3.05, 3.63) is 29.8 Å². The molecule has 1 fully saturated rings. The maximum Gasteiger partial charge on any atom is 0.193 e. The maximum atomic E-state index is 12.2. The van der Waals surface area contributed by atoms with E-state index in [4.69, 9.17) is 4.74 Å². The van der Waals surface area contributed by atoms with Crippen LogP contribution in [-0.2, 0) is 9.84 Å². The van der Waals surface area contributed by atoms with Gasteiger partial charge < -0.3 is 15.0 Å². The molecule has 1 unspecified atom stereocenters. The van der Waals surface area contributed by atoms with E-state index in [1.54, 1.807) is 28.0 Å². The minimum atomic E-state index is -3.05. The molecule has 1 aliphatic heterocycles. The van der Waals surface area contributed by atoms with Crippen LogP contribution in [0.15, 0.2) is 29.3 Å². The van der Waals surface area contributed by atoms with Crippen molar-refractivity contribution < 1.29 is 13.2 Å². The summed E-state index contributed by atoms with van der Waals surface area (Å²) in [5, 5.41) is 3.38. The molecule has 7 heteroatoms. The third-order valence-electron chi connectivity index (χ3n) is 5.10. The fourth-order valence-corrected chi connectivity index (χ4v) is 4.52. The number of guanidine groups is 1. The number of rotatable bonds is 5. The minimum Gasteiger partial charge on any atom is -0.497 e. The lowest BCUT2D eigenvalue weighted by molar-refractivity contribution is 0.353. The first-order valence-corrected chi connectivity index (χ1v) is 10.7. The molecule has 1 heterocycles. The lowest BCUT2D eigenvalue weighted by Gasteiger charge is -2.39. The number of hydrogen-bond acceptors (Lipinski definition) is 4. The lowest BCUT2D eigenvalue weighted by Crippen LogP contribution is -2.57. The number of benzene rings is 1. The molecule has 2 rings (SSSR count). The van der Waals surface area contributed by atoms with Crippen LogP contribution in [0.2, 0.25) is 0 Å². The molecule has 6 nitrogen and oxygen atoms in total. The van der Waals surface area contributed by atoms with Gasteiger partial charge in [-0.3, -0.25) is 4.99 Å². The van der Waals surface area contributed by atoms with Gasteiger partial charge in [0.2, 0.25) is 0 Å². The van der Waals surface area contributed by atoms with Gasteiger partial charge in [0, 0.05) is 26.7 Å². The van der Waals surface area contributed by atoms with Crippen LogP contribution in [0.3, 0.4) is 0 Å². The van der Waals surface area contributed by atoms with E-state index in [0.29, 0.717) is 19.0 Å². The van der Waals surface area contributed by atoms with E-state index in [0.717, 1.165) is 24.7 Å². The topological polar surface area (TPSA) is 71.0 Å². The number of ether oxygens (including phenoxy) is 1. The van der Waals surface area contributed by atoms with E-state index in [1.165, 1.54) is 5.56 Å². The van der Waals surface area contributed by atoms with E-state index in [9.17, 15) is 8.42 Å². The second-order valence-electron chi connectivity index (χ2n) is 7.44. The molecular formula is C19H31N3O3S. The monoisotopic (exact) mass is 381 g/mol. The summed E-state index contributed by atoms with van der Waals surface area (Å²) >= 11 is 0. The zero-order chi connectivity index (χ0) is 19.4. The molecule has 1 aliphatic rings. The van der Waals surface area contributed by atoms with Crippen molar-refractivity contribution in [3.63, 3.8) is 0 Å². The van der Waals surface area contributed by atoms with E-state index in [-0.39, 0.29) is 5.75 Å². The van der Waals surface area contributed by atoms with Crippen molar-refractivity contribution in [1.82, 2.24) is 10.2 Å². The van der Waals surface area contributed by atoms with Crippen molar-refractivity contribution >= 4 is 15.8 Å². The van der Waals surface area contributed by atoms with Crippen LogP contribution in [-0.4, -0.2) is 63.6 Å². The van der Waals surface area contributed by atoms with E-state index < -0.39 is 14.6 Å². The summed E-state index contributed by atoms with van der Waals surface area (Å²) < 4.78 is 28.8. The first kappa shape index (κ1) is 20.6. The summed E-state index contributed by atoms with van der Waals surface area (Å²) in [6.07, 6.45) is 0.959. The Hall–Kier alpha value is -1.76. The Kier molecular flexibility index (Phi) is 6.55. The normalized spacial score (nSPS) is 20.5. The Balaban J connectivity index is 1.89. The number of hydrogen-bond donors (Lipinski definition) is 1. The van der Waals surface area contributed by atoms with Crippen molar-refractivity contribution in [2.75, 3.05) is 39.5 Å². The highest BCUT2D eigenvalue weighted by Crippen LogP contribution is 2.24. The van der Waals surface area contributed by atoms with Gasteiger partial charge in [-0.15, -0.1) is 0 Å². The maximum absolute atomic E-state index is 12.2. The van der Waals surface area contributed by atoms with Gasteiger partial charge in [-0.25, -0.2) is 8.42 Å². The number of aliphatic imine (C=N–C) groups is 1. The quantitative estimate of drug-likeness (QED) is 0.626. The molecule has 0 aromatic heterocycles. The first-order chi connectivity index (χ1) is 12.2. The molecule has 0 amide bonds. The van der Waals surface area contributed by atoms with Gasteiger partial charge in [-0.2, -0.15) is 0 Å². The Labute approximate surface area is 157 Å². The molecule has 26 heavy (non-hydrogen) atoms. The molecular weight excluding hydrogens is 350 g/mol. The fraction of sp³-hybridized carbons (Fsp3) is 0.632. The molecule has 0 radical (unpaired) electrons. The average Bonchev–Trinajstić information content (AvgIpc) is 2.61. The summed E-state index contributed by atoms with van der Waals surface area (Å²) in [6.45, 7) is 7.50. The Morgan fingerprint density at radius 2 is 2.00 bits per heavy atom. The predicted octanol–water partition coefficient (Wildman–Crippen LogP) is 2.27. The van der Waals surface area contributed by atoms with E-state index >= 15 is 0 Å². The van der Waals surface area contributed by atoms with Crippen molar-refractivity contribution in [2.24, 2.45) is 4.99 Å². The van der Waals surface area contributed by atoms with Crippen LogP contribution < -0.4 is 10.1 Å². The predicted molar refractivity (Wildman–Crippen MR) is 107 cm³/mol. The van der Waals surface area contributed by atoms with Crippen LogP contribution in [0.1, 0.15) is 38.7 Å². The highest BCUT2D eigenvalue weighted by molar-refractivity contribution is 7.92. The number of sulfone groups is 1. The second kappa shape index (κ2) is 8.29. The van der Waals surface area contributed by atoms with Crippen LogP contribution in [0, 0.1) is 0 Å². The minimum absolute atomic E-state index is 0.170. The van der Waals surface area contributed by atoms with Crippen molar-refractivity contribution in [1.29, 1.82) is 0 Å². The van der Waals surface area contributed by atoms with Crippen LogP contribution in [0.25, 0.3) is 0 Å². The van der Waals surface area contributed by atoms with Gasteiger partial charge >= 0.3 is 0 Å². The molecule has 1 saturated heterocycles. The van der Waals surface area contributed by atoms with Gasteiger partial charge in [0.05, 0.1) is 17.6 Å². The molecule has 1 N–H and O–H groups in total. The summed E-state index contributed by atoms with van der Waals surface area (Å²) in [5.74, 6) is 2.21. The average molecular weight is 382 g/mol. The van der Waals surface area contributed by atoms with Crippen molar-refractivity contribution in [3.8, 4) is 5.75 Å².